The lowest BCUT2D eigenvalue weighted by Gasteiger charge is -2.26. The summed E-state index contributed by atoms with van der Waals surface area (Å²) in [6.45, 7) is 4.12. The van der Waals surface area contributed by atoms with Gasteiger partial charge in [0.05, 0.1) is 19.4 Å². The normalized spacial score (nSPS) is 15.2. The first-order chi connectivity index (χ1) is 15.2. The standard InChI is InChI=1S/C25H29FN2O3/c1-29-25-15-20(8-11-24(25)31-18-19-6-9-21(26)10-7-19)16-27-17-22(23-5-4-14-30-23)28-12-2-3-13-28/h4-11,14-15,22,27H,2-3,12-13,16-18H2,1H3. The predicted octanol–water partition coefficient (Wildman–Crippen LogP) is 4.93. The fourth-order valence-corrected chi connectivity index (χ4v) is 3.98. The number of methoxy groups -OCH3 is 1. The molecule has 6 heteroatoms. The number of rotatable bonds is 10. The third-order valence-corrected chi connectivity index (χ3v) is 5.66. The van der Waals surface area contributed by atoms with Crippen molar-refractivity contribution in [2.24, 2.45) is 0 Å². The van der Waals surface area contributed by atoms with Crippen LogP contribution in [0.1, 0.15) is 35.8 Å². The maximum atomic E-state index is 13.1. The van der Waals surface area contributed by atoms with Crippen molar-refractivity contribution in [2.45, 2.75) is 32.0 Å². The second-order valence-corrected chi connectivity index (χ2v) is 7.81. The molecule has 1 atom stereocenters. The molecule has 1 N–H and O–H groups in total. The molecule has 0 bridgehead atoms. The van der Waals surface area contributed by atoms with Crippen LogP contribution in [0.2, 0.25) is 0 Å². The first-order valence-electron chi connectivity index (χ1n) is 10.8. The topological polar surface area (TPSA) is 46.9 Å². The molecule has 31 heavy (non-hydrogen) atoms. The van der Waals surface area contributed by atoms with Gasteiger partial charge in [-0.3, -0.25) is 4.90 Å². The number of nitrogens with zero attached hydrogens (tertiary/aromatic N) is 1. The summed E-state index contributed by atoms with van der Waals surface area (Å²) in [5, 5.41) is 3.57. The Morgan fingerprint density at radius 1 is 1.03 bits per heavy atom. The molecule has 2 aromatic carbocycles. The highest BCUT2D eigenvalue weighted by Gasteiger charge is 2.25. The van der Waals surface area contributed by atoms with Gasteiger partial charge in [-0.05, 0) is 73.5 Å². The molecule has 0 aliphatic carbocycles. The van der Waals surface area contributed by atoms with E-state index in [1.807, 2.05) is 24.3 Å². The lowest BCUT2D eigenvalue weighted by molar-refractivity contribution is 0.209. The molecule has 5 nitrogen and oxygen atoms in total. The van der Waals surface area contributed by atoms with E-state index in [2.05, 4.69) is 16.3 Å². The Bertz CT molecular complexity index is 938. The van der Waals surface area contributed by atoms with E-state index in [4.69, 9.17) is 13.9 Å². The summed E-state index contributed by atoms with van der Waals surface area (Å²) in [7, 11) is 1.64. The van der Waals surface area contributed by atoms with Crippen LogP contribution in [0.15, 0.2) is 65.3 Å². The number of likely N-dealkylation sites (tertiary alicyclic amines) is 1. The quantitative estimate of drug-likeness (QED) is 0.500. The lowest BCUT2D eigenvalue weighted by Crippen LogP contribution is -2.33. The van der Waals surface area contributed by atoms with Gasteiger partial charge < -0.3 is 19.2 Å². The lowest BCUT2D eigenvalue weighted by atomic mass is 10.1. The van der Waals surface area contributed by atoms with Crippen LogP contribution in [0.25, 0.3) is 0 Å². The van der Waals surface area contributed by atoms with Crippen LogP contribution in [0, 0.1) is 5.82 Å². The smallest absolute Gasteiger partial charge is 0.161 e. The molecule has 3 aromatic rings. The van der Waals surface area contributed by atoms with Gasteiger partial charge in [0.1, 0.15) is 18.2 Å². The van der Waals surface area contributed by atoms with Crippen LogP contribution < -0.4 is 14.8 Å². The number of benzene rings is 2. The van der Waals surface area contributed by atoms with E-state index < -0.39 is 0 Å². The zero-order valence-corrected chi connectivity index (χ0v) is 17.9. The van der Waals surface area contributed by atoms with E-state index >= 15 is 0 Å². The first-order valence-corrected chi connectivity index (χ1v) is 10.8. The third kappa shape index (κ3) is 5.66. The zero-order chi connectivity index (χ0) is 21.5. The molecule has 1 fully saturated rings. The van der Waals surface area contributed by atoms with Crippen molar-refractivity contribution >= 4 is 0 Å². The Hall–Kier alpha value is -2.83. The highest BCUT2D eigenvalue weighted by molar-refractivity contribution is 5.43. The van der Waals surface area contributed by atoms with E-state index in [0.29, 0.717) is 18.1 Å². The van der Waals surface area contributed by atoms with Crippen LogP contribution >= 0.6 is 0 Å². The highest BCUT2D eigenvalue weighted by atomic mass is 19.1. The monoisotopic (exact) mass is 424 g/mol. The second kappa shape index (κ2) is 10.5. The minimum atomic E-state index is -0.253. The summed E-state index contributed by atoms with van der Waals surface area (Å²) >= 11 is 0. The first kappa shape index (κ1) is 21.4. The molecule has 2 heterocycles. The number of halogens is 1. The average molecular weight is 425 g/mol. The van der Waals surface area contributed by atoms with Gasteiger partial charge in [0.15, 0.2) is 11.5 Å². The molecule has 4 rings (SSSR count). The largest absolute Gasteiger partial charge is 0.493 e. The summed E-state index contributed by atoms with van der Waals surface area (Å²) in [6.07, 6.45) is 4.23. The number of furan rings is 1. The molecule has 0 saturated carbocycles. The predicted molar refractivity (Wildman–Crippen MR) is 118 cm³/mol. The summed E-state index contributed by atoms with van der Waals surface area (Å²) in [5.41, 5.74) is 2.02. The number of nitrogens with one attached hydrogen (secondary N) is 1. The van der Waals surface area contributed by atoms with E-state index in [1.54, 1.807) is 25.5 Å². The Balaban J connectivity index is 1.34. The van der Waals surface area contributed by atoms with Gasteiger partial charge in [-0.2, -0.15) is 0 Å². The molecular weight excluding hydrogens is 395 g/mol. The van der Waals surface area contributed by atoms with E-state index in [1.165, 1.54) is 25.0 Å². The van der Waals surface area contributed by atoms with Crippen LogP contribution in [0.3, 0.4) is 0 Å². The molecule has 1 aliphatic rings. The van der Waals surface area contributed by atoms with E-state index in [9.17, 15) is 4.39 Å². The van der Waals surface area contributed by atoms with Gasteiger partial charge >= 0.3 is 0 Å². The molecule has 1 unspecified atom stereocenters. The van der Waals surface area contributed by atoms with Crippen molar-refractivity contribution in [1.82, 2.24) is 10.2 Å². The SMILES string of the molecule is COc1cc(CNCC(c2ccco2)N2CCCC2)ccc1OCc1ccc(F)cc1. The Morgan fingerprint density at radius 3 is 2.52 bits per heavy atom. The van der Waals surface area contributed by atoms with Crippen molar-refractivity contribution < 1.29 is 18.3 Å². The third-order valence-electron chi connectivity index (χ3n) is 5.66. The van der Waals surface area contributed by atoms with Crippen molar-refractivity contribution in [3.8, 4) is 11.5 Å². The van der Waals surface area contributed by atoms with Gasteiger partial charge in [-0.1, -0.05) is 18.2 Å². The molecule has 1 aromatic heterocycles. The number of hydrogen-bond donors (Lipinski definition) is 1. The molecule has 0 radical (unpaired) electrons. The van der Waals surface area contributed by atoms with Crippen molar-refractivity contribution in [2.75, 3.05) is 26.7 Å². The molecule has 1 saturated heterocycles. The van der Waals surface area contributed by atoms with Crippen molar-refractivity contribution in [3.05, 3.63) is 83.6 Å². The van der Waals surface area contributed by atoms with Gasteiger partial charge in [-0.25, -0.2) is 4.39 Å². The molecular formula is C25H29FN2O3. The van der Waals surface area contributed by atoms with E-state index in [0.717, 1.165) is 43.1 Å². The Labute approximate surface area is 182 Å². The minimum absolute atomic E-state index is 0.248. The second-order valence-electron chi connectivity index (χ2n) is 7.81. The fourth-order valence-electron chi connectivity index (χ4n) is 3.98. The summed E-state index contributed by atoms with van der Waals surface area (Å²) in [4.78, 5) is 2.48. The average Bonchev–Trinajstić information content (AvgIpc) is 3.51. The Morgan fingerprint density at radius 2 is 1.81 bits per heavy atom. The maximum absolute atomic E-state index is 13.1. The van der Waals surface area contributed by atoms with Crippen LogP contribution in [0.5, 0.6) is 11.5 Å². The molecule has 1 aliphatic heterocycles. The number of ether oxygens (including phenoxy) is 2. The van der Waals surface area contributed by atoms with E-state index in [-0.39, 0.29) is 11.9 Å². The molecule has 164 valence electrons. The summed E-state index contributed by atoms with van der Waals surface area (Å²) in [5.74, 6) is 2.11. The van der Waals surface area contributed by atoms with Gasteiger partial charge in [0.2, 0.25) is 0 Å². The summed E-state index contributed by atoms with van der Waals surface area (Å²) in [6, 6.07) is 16.5. The Kier molecular flexibility index (Phi) is 7.22. The van der Waals surface area contributed by atoms with Crippen LogP contribution in [-0.4, -0.2) is 31.6 Å². The molecule has 0 spiro atoms. The minimum Gasteiger partial charge on any atom is -0.493 e. The van der Waals surface area contributed by atoms with Gasteiger partial charge in [-0.15, -0.1) is 0 Å². The highest BCUT2D eigenvalue weighted by Crippen LogP contribution is 2.29. The van der Waals surface area contributed by atoms with Crippen LogP contribution in [0.4, 0.5) is 4.39 Å². The van der Waals surface area contributed by atoms with Crippen molar-refractivity contribution in [3.63, 3.8) is 0 Å². The van der Waals surface area contributed by atoms with Gasteiger partial charge in [0.25, 0.3) is 0 Å². The zero-order valence-electron chi connectivity index (χ0n) is 17.9. The summed E-state index contributed by atoms with van der Waals surface area (Å²) < 4.78 is 30.2. The number of hydrogen-bond acceptors (Lipinski definition) is 5. The fraction of sp³-hybridized carbons (Fsp3) is 0.360. The van der Waals surface area contributed by atoms with Gasteiger partial charge in [0, 0.05) is 13.1 Å². The van der Waals surface area contributed by atoms with Crippen LogP contribution in [-0.2, 0) is 13.2 Å². The molecule has 0 amide bonds. The van der Waals surface area contributed by atoms with Crippen molar-refractivity contribution in [1.29, 1.82) is 0 Å². The maximum Gasteiger partial charge on any atom is 0.161 e.